The average molecular weight is 1070 g/mol. The lowest BCUT2D eigenvalue weighted by molar-refractivity contribution is -0.137. The highest BCUT2D eigenvalue weighted by Gasteiger charge is 2.45. The van der Waals surface area contributed by atoms with Crippen LogP contribution in [0.15, 0.2) is 59.6 Å². The maximum absolute atomic E-state index is 16.7. The number of hydrogen-bond donors (Lipinski definition) is 2. The zero-order chi connectivity index (χ0) is 54.3. The summed E-state index contributed by atoms with van der Waals surface area (Å²) >= 11 is 0. The molecule has 0 spiro atoms. The van der Waals surface area contributed by atoms with Crippen molar-refractivity contribution in [2.45, 2.75) is 120 Å². The Morgan fingerprint density at radius 2 is 1.63 bits per heavy atom. The van der Waals surface area contributed by atoms with Gasteiger partial charge in [0.05, 0.1) is 36.0 Å². The molecule has 2 atom stereocenters. The summed E-state index contributed by atoms with van der Waals surface area (Å²) in [6.07, 6.45) is 14.1. The van der Waals surface area contributed by atoms with E-state index in [9.17, 15) is 24.3 Å². The lowest BCUT2D eigenvalue weighted by Crippen LogP contribution is -2.52. The van der Waals surface area contributed by atoms with E-state index >= 15 is 4.39 Å². The first-order valence-corrected chi connectivity index (χ1v) is 27.9. The Morgan fingerprint density at radius 1 is 0.885 bits per heavy atom. The molecule has 6 saturated heterocycles. The number of nitrogens with one attached hydrogen (secondary N) is 1. The molecule has 0 bridgehead atoms. The van der Waals surface area contributed by atoms with Crippen LogP contribution in [-0.2, 0) is 35.1 Å². The van der Waals surface area contributed by atoms with E-state index in [-0.39, 0.29) is 65.4 Å². The number of phenolic OH excluding ortho intramolecular Hbond substituents is 1. The Morgan fingerprint density at radius 3 is 2.36 bits per heavy atom. The van der Waals surface area contributed by atoms with E-state index < -0.39 is 11.9 Å². The van der Waals surface area contributed by atoms with Crippen LogP contribution in [0, 0.1) is 0 Å². The van der Waals surface area contributed by atoms with E-state index in [1.165, 1.54) is 18.9 Å². The van der Waals surface area contributed by atoms with E-state index in [1.807, 2.05) is 41.3 Å². The van der Waals surface area contributed by atoms with Gasteiger partial charge < -0.3 is 43.7 Å². The number of piperidine rings is 3. The summed E-state index contributed by atoms with van der Waals surface area (Å²) in [5.41, 5.74) is 4.83. The topological polar surface area (TPSA) is 192 Å². The van der Waals surface area contributed by atoms with Gasteiger partial charge in [0.25, 0.3) is 5.91 Å². The van der Waals surface area contributed by atoms with Gasteiger partial charge in [0.15, 0.2) is 0 Å². The van der Waals surface area contributed by atoms with E-state index in [4.69, 9.17) is 24.2 Å². The van der Waals surface area contributed by atoms with Gasteiger partial charge in [-0.25, -0.2) is 4.39 Å². The van der Waals surface area contributed by atoms with Gasteiger partial charge in [0.1, 0.15) is 35.7 Å². The molecule has 4 aromatic rings. The highest BCUT2D eigenvalue weighted by molar-refractivity contribution is 6.09. The van der Waals surface area contributed by atoms with Gasteiger partial charge in [-0.2, -0.15) is 9.97 Å². The number of aromatic nitrogens is 2. The first-order chi connectivity index (χ1) is 38.0. The van der Waals surface area contributed by atoms with Crippen LogP contribution in [0.5, 0.6) is 11.8 Å². The van der Waals surface area contributed by atoms with Crippen molar-refractivity contribution < 1.29 is 47.6 Å². The zero-order valence-electron chi connectivity index (χ0n) is 45.3. The number of rotatable bonds is 10. The maximum atomic E-state index is 16.7. The minimum Gasteiger partial charge on any atom is -0.508 e. The smallest absolute Gasteiger partial charge is 0.319 e. The number of likely N-dealkylation sites (tertiary alicyclic amines) is 1. The molecule has 12 rings (SSSR count). The van der Waals surface area contributed by atoms with Crippen molar-refractivity contribution in [1.29, 1.82) is 0 Å². The lowest BCUT2D eigenvalue weighted by Gasteiger charge is -2.37. The van der Waals surface area contributed by atoms with Crippen molar-refractivity contribution >= 4 is 64.0 Å². The number of benzene rings is 3. The number of phenols is 1. The summed E-state index contributed by atoms with van der Waals surface area (Å²) < 4.78 is 39.6. The van der Waals surface area contributed by atoms with E-state index in [2.05, 4.69) is 35.8 Å². The fourth-order valence-corrected chi connectivity index (χ4v) is 12.8. The number of halogens is 1. The Bertz CT molecular complexity index is 2890. The third kappa shape index (κ3) is 11.9. The second kappa shape index (κ2) is 24.6. The normalized spacial score (nSPS) is 23.3. The van der Waals surface area contributed by atoms with Gasteiger partial charge in [0, 0.05) is 90.5 Å². The molecule has 4 amide bonds. The lowest BCUT2D eigenvalue weighted by atomic mass is 9.95. The molecule has 3 aromatic carbocycles. The largest absolute Gasteiger partial charge is 0.508 e. The molecule has 0 saturated carbocycles. The van der Waals surface area contributed by atoms with Crippen LogP contribution in [0.2, 0.25) is 0 Å². The third-order valence-electron chi connectivity index (χ3n) is 16.8. The highest BCUT2D eigenvalue weighted by atomic mass is 19.1. The third-order valence-corrected chi connectivity index (χ3v) is 16.8. The van der Waals surface area contributed by atoms with Crippen LogP contribution < -0.4 is 19.9 Å². The predicted molar refractivity (Wildman–Crippen MR) is 296 cm³/mol. The van der Waals surface area contributed by atoms with Gasteiger partial charge >= 0.3 is 6.01 Å². The van der Waals surface area contributed by atoms with Gasteiger partial charge in [-0.3, -0.25) is 34.4 Å². The fourth-order valence-electron chi connectivity index (χ4n) is 12.8. The molecular formula is C59H74FN9O9. The summed E-state index contributed by atoms with van der Waals surface area (Å²) in [5, 5.41) is 14.4. The minimum atomic E-state index is -0.586. The maximum Gasteiger partial charge on any atom is 0.319 e. The van der Waals surface area contributed by atoms with Crippen molar-refractivity contribution in [1.82, 2.24) is 30.0 Å². The molecule has 8 aliphatic rings. The second-order valence-corrected chi connectivity index (χ2v) is 21.8. The van der Waals surface area contributed by atoms with E-state index in [0.717, 1.165) is 131 Å². The van der Waals surface area contributed by atoms with Crippen LogP contribution in [0.4, 0.5) is 15.9 Å². The second-order valence-electron chi connectivity index (χ2n) is 21.8. The van der Waals surface area contributed by atoms with Crippen molar-refractivity contribution in [2.75, 3.05) is 96.7 Å². The van der Waals surface area contributed by atoms with Crippen LogP contribution in [-0.4, -0.2) is 176 Å². The predicted octanol–water partition coefficient (Wildman–Crippen LogP) is 6.93. The van der Waals surface area contributed by atoms with Crippen LogP contribution in [0.1, 0.15) is 116 Å². The van der Waals surface area contributed by atoms with Gasteiger partial charge in [-0.15, -0.1) is 0 Å². The number of ether oxygens (including phenoxy) is 4. The first kappa shape index (κ1) is 54.8. The Balaban J connectivity index is 0.000000173. The quantitative estimate of drug-likeness (QED) is 0.123. The number of nitrogens with zero attached hydrogens (tertiary/aromatic N) is 8. The summed E-state index contributed by atoms with van der Waals surface area (Å²) in [6, 6.07) is 16.6. The van der Waals surface area contributed by atoms with Gasteiger partial charge in [-0.1, -0.05) is 24.3 Å². The van der Waals surface area contributed by atoms with Crippen molar-refractivity contribution in [3.05, 3.63) is 82.5 Å². The molecule has 6 fully saturated rings. The van der Waals surface area contributed by atoms with Crippen LogP contribution >= 0.6 is 0 Å². The van der Waals surface area contributed by atoms with Crippen LogP contribution in [0.3, 0.4) is 0 Å². The molecule has 19 heteroatoms. The van der Waals surface area contributed by atoms with Crippen LogP contribution in [0.25, 0.3) is 22.7 Å². The molecule has 2 unspecified atom stereocenters. The summed E-state index contributed by atoms with van der Waals surface area (Å²) in [7, 11) is 5.00. The number of methoxy groups -OCH3 is 1. The number of aromatic hydroxyl groups is 1. The molecular weight excluding hydrogens is 998 g/mol. The van der Waals surface area contributed by atoms with E-state index in [0.29, 0.717) is 61.7 Å². The highest BCUT2D eigenvalue weighted by Crippen LogP contribution is 2.41. The van der Waals surface area contributed by atoms with E-state index in [1.54, 1.807) is 38.3 Å². The number of hydrogen-bond acceptors (Lipinski definition) is 15. The summed E-state index contributed by atoms with van der Waals surface area (Å²) in [6.45, 7) is 8.46. The standard InChI is InChI=1S/C33H38FN5O3.C24H30N4O5.C2H6O/c1-35-28-10-9-24-20-41-16-6-15-39(24)31-29(28)30(27(34)19-23-18-25(40)17-22-7-2-3-8-26(22)23)36-32(37-31)42-21-33-11-4-13-38(33)14-5-12-33;29-15-26-9-5-18(6-10-26)33-19-7-11-27(12-8-19)17-1-2-20-16(13-17)14-28(24(20)32)21-3-4-22(30)25-23(21)31;1-3-2/h2-3,7-8,17-19,24,40H,4-6,9-16,20-21H2,1H3;1-2,13,15,18-19,21H,3-12,14H2,(H,25,30,31);1-2H3/b27-19-,35-28?;;. The molecule has 416 valence electrons. The van der Waals surface area contributed by atoms with Crippen molar-refractivity contribution in [3.8, 4) is 11.8 Å². The average Bonchev–Trinajstić information content (AvgIpc) is 4.13. The zero-order valence-corrected chi connectivity index (χ0v) is 45.3. The number of imide groups is 1. The molecule has 0 aliphatic carbocycles. The first-order valence-electron chi connectivity index (χ1n) is 27.9. The van der Waals surface area contributed by atoms with Crippen molar-refractivity contribution in [3.63, 3.8) is 0 Å². The summed E-state index contributed by atoms with van der Waals surface area (Å²) in [4.78, 5) is 72.3. The number of amides is 4. The molecule has 0 radical (unpaired) electrons. The minimum absolute atomic E-state index is 0.0141. The Hall–Kier alpha value is -6.54. The Kier molecular flexibility index (Phi) is 17.3. The number of aliphatic imine (C=N–C) groups is 1. The molecule has 2 N–H and O–H groups in total. The molecule has 1 aromatic heterocycles. The van der Waals surface area contributed by atoms with Gasteiger partial charge in [-0.05, 0) is 148 Å². The molecule has 9 heterocycles. The molecule has 18 nitrogen and oxygen atoms in total. The van der Waals surface area contributed by atoms with Crippen molar-refractivity contribution in [2.24, 2.45) is 4.99 Å². The number of anilines is 2. The summed E-state index contributed by atoms with van der Waals surface area (Å²) in [5.74, 6) is -0.563. The number of carbonyl (C=O) groups excluding carboxylic acids is 4. The SMILES string of the molecule is CN=C1CCC2COCCCN2c2nc(OCC34CCCN3CCC4)nc(/C(F)=C/c3cc(O)cc4ccccc34)c21.COC.O=CN1CCC(OC2CCN(c3ccc4c(c3)CN(C3CCC(=O)NC3=O)C4=O)CC2)CC1. The number of carbonyl (C=O) groups is 4. The molecule has 8 aliphatic heterocycles. The fraction of sp³-hybridized carbons (Fsp3) is 0.542. The molecule has 78 heavy (non-hydrogen) atoms. The Labute approximate surface area is 455 Å². The number of fused-ring (bicyclic) bond motifs is 6. The monoisotopic (exact) mass is 1070 g/mol. The van der Waals surface area contributed by atoms with Gasteiger partial charge in [0.2, 0.25) is 18.2 Å².